The number of hydrogen-bond donors (Lipinski definition) is 2. The molecule has 0 radical (unpaired) electrons. The molecule has 1 heterocycles. The van der Waals surface area contributed by atoms with Crippen molar-refractivity contribution in [2.75, 3.05) is 11.9 Å². The van der Waals surface area contributed by atoms with Gasteiger partial charge in [-0.3, -0.25) is 0 Å². The lowest BCUT2D eigenvalue weighted by Gasteiger charge is -2.29. The maximum Gasteiger partial charge on any atom is 0.341 e. The quantitative estimate of drug-likeness (QED) is 0.500. The molecule has 0 aliphatic heterocycles. The zero-order valence-electron chi connectivity index (χ0n) is 16.8. The minimum Gasteiger partial charge on any atom is -0.462 e. The predicted octanol–water partition coefficient (Wildman–Crippen LogP) is 5.62. The van der Waals surface area contributed by atoms with E-state index in [9.17, 15) is 4.79 Å². The molecule has 0 spiro atoms. The molecular weight excluding hydrogens is 376 g/mol. The molecule has 2 aromatic rings. The van der Waals surface area contributed by atoms with E-state index in [1.54, 1.807) is 0 Å². The third kappa shape index (κ3) is 5.30. The van der Waals surface area contributed by atoms with Gasteiger partial charge in [-0.15, -0.1) is 11.3 Å². The van der Waals surface area contributed by atoms with Crippen molar-refractivity contribution in [1.29, 1.82) is 0 Å². The smallest absolute Gasteiger partial charge is 0.341 e. The minimum absolute atomic E-state index is 0.0658. The van der Waals surface area contributed by atoms with E-state index >= 15 is 0 Å². The van der Waals surface area contributed by atoms with Gasteiger partial charge in [0.05, 0.1) is 6.61 Å². The SMILES string of the molecule is CCOC(=O)c1c(NC(=S)NC(C)C(C)(C)C)sc(C)c1-c1ccccc1. The van der Waals surface area contributed by atoms with Gasteiger partial charge in [0.1, 0.15) is 10.6 Å². The van der Waals surface area contributed by atoms with Crippen LogP contribution in [0.1, 0.15) is 49.9 Å². The van der Waals surface area contributed by atoms with Crippen LogP contribution in [-0.2, 0) is 4.74 Å². The van der Waals surface area contributed by atoms with Crippen LogP contribution in [0.4, 0.5) is 5.00 Å². The van der Waals surface area contributed by atoms with Gasteiger partial charge in [0.25, 0.3) is 0 Å². The number of hydrogen-bond acceptors (Lipinski definition) is 4. The Balaban J connectivity index is 2.39. The third-order valence-corrected chi connectivity index (χ3v) is 5.74. The number of carbonyl (C=O) groups excluding carboxylic acids is 1. The highest BCUT2D eigenvalue weighted by Crippen LogP contribution is 2.40. The molecule has 4 nitrogen and oxygen atoms in total. The monoisotopic (exact) mass is 404 g/mol. The van der Waals surface area contributed by atoms with Crippen molar-refractivity contribution in [3.05, 3.63) is 40.8 Å². The Morgan fingerprint density at radius 2 is 1.89 bits per heavy atom. The minimum atomic E-state index is -0.338. The first kappa shape index (κ1) is 21.4. The fourth-order valence-electron chi connectivity index (χ4n) is 2.54. The molecular formula is C21H28N2O2S2. The lowest BCUT2D eigenvalue weighted by molar-refractivity contribution is 0.0529. The van der Waals surface area contributed by atoms with Gasteiger partial charge in [-0.05, 0) is 44.0 Å². The summed E-state index contributed by atoms with van der Waals surface area (Å²) in [6.07, 6.45) is 0. The Morgan fingerprint density at radius 1 is 1.26 bits per heavy atom. The van der Waals surface area contributed by atoms with Crippen LogP contribution in [0.15, 0.2) is 30.3 Å². The number of carbonyl (C=O) groups is 1. The molecule has 0 amide bonds. The van der Waals surface area contributed by atoms with E-state index in [1.807, 2.05) is 44.2 Å². The average Bonchev–Trinajstić information content (AvgIpc) is 2.90. The Hall–Kier alpha value is -1.92. The Kier molecular flexibility index (Phi) is 7.00. The van der Waals surface area contributed by atoms with Crippen LogP contribution in [0.5, 0.6) is 0 Å². The third-order valence-electron chi connectivity index (χ3n) is 4.50. The van der Waals surface area contributed by atoms with Crippen molar-refractivity contribution < 1.29 is 9.53 Å². The number of thiocarbonyl (C=S) groups is 1. The second kappa shape index (κ2) is 8.85. The van der Waals surface area contributed by atoms with Gasteiger partial charge in [0.15, 0.2) is 5.11 Å². The Morgan fingerprint density at radius 3 is 2.44 bits per heavy atom. The van der Waals surface area contributed by atoms with E-state index in [0.29, 0.717) is 22.3 Å². The zero-order chi connectivity index (χ0) is 20.2. The topological polar surface area (TPSA) is 50.4 Å². The maximum atomic E-state index is 12.7. The number of benzene rings is 1. The second-order valence-corrected chi connectivity index (χ2v) is 9.14. The highest BCUT2D eigenvalue weighted by Gasteiger charge is 2.26. The maximum absolute atomic E-state index is 12.7. The molecule has 0 aliphatic rings. The van der Waals surface area contributed by atoms with E-state index in [0.717, 1.165) is 16.0 Å². The molecule has 1 unspecified atom stereocenters. The van der Waals surface area contributed by atoms with E-state index in [4.69, 9.17) is 17.0 Å². The summed E-state index contributed by atoms with van der Waals surface area (Å²) in [6.45, 7) is 12.7. The highest BCUT2D eigenvalue weighted by molar-refractivity contribution is 7.80. The number of aryl methyl sites for hydroxylation is 1. The molecule has 1 aromatic heterocycles. The van der Waals surface area contributed by atoms with Crippen LogP contribution in [0.2, 0.25) is 0 Å². The standard InChI is InChI=1S/C21H28N2O2S2/c1-7-25-19(24)17-16(15-11-9-8-10-12-15)13(2)27-18(17)23-20(26)22-14(3)21(4,5)6/h8-12,14H,7H2,1-6H3,(H2,22,23,26). The summed E-state index contributed by atoms with van der Waals surface area (Å²) < 4.78 is 5.33. The van der Waals surface area contributed by atoms with Gasteiger partial charge in [-0.25, -0.2) is 4.79 Å². The number of ether oxygens (including phenoxy) is 1. The van der Waals surface area contributed by atoms with Gasteiger partial charge < -0.3 is 15.4 Å². The summed E-state index contributed by atoms with van der Waals surface area (Å²) in [7, 11) is 0. The zero-order valence-corrected chi connectivity index (χ0v) is 18.4. The summed E-state index contributed by atoms with van der Waals surface area (Å²) in [6, 6.07) is 10.1. The molecule has 1 aromatic carbocycles. The van der Waals surface area contributed by atoms with E-state index < -0.39 is 0 Å². The molecule has 6 heteroatoms. The summed E-state index contributed by atoms with van der Waals surface area (Å²) >= 11 is 7.01. The number of rotatable bonds is 5. The van der Waals surface area contributed by atoms with Crippen molar-refractivity contribution in [2.45, 2.75) is 47.6 Å². The fraction of sp³-hybridized carbons (Fsp3) is 0.429. The van der Waals surface area contributed by atoms with Crippen LogP contribution in [0, 0.1) is 12.3 Å². The summed E-state index contributed by atoms with van der Waals surface area (Å²) in [5.41, 5.74) is 2.49. The first-order valence-corrected chi connectivity index (χ1v) is 10.3. The van der Waals surface area contributed by atoms with Gasteiger partial charge >= 0.3 is 5.97 Å². The lowest BCUT2D eigenvalue weighted by atomic mass is 9.88. The van der Waals surface area contributed by atoms with Crippen molar-refractivity contribution in [1.82, 2.24) is 5.32 Å². The second-order valence-electron chi connectivity index (χ2n) is 7.51. The van der Waals surface area contributed by atoms with Crippen LogP contribution in [0.25, 0.3) is 11.1 Å². The summed E-state index contributed by atoms with van der Waals surface area (Å²) in [5, 5.41) is 7.75. The normalized spacial score (nSPS) is 12.4. The number of thiophene rings is 1. The van der Waals surface area contributed by atoms with Crippen LogP contribution in [-0.4, -0.2) is 23.7 Å². The van der Waals surface area contributed by atoms with E-state index in [2.05, 4.69) is 38.3 Å². The summed E-state index contributed by atoms with van der Waals surface area (Å²) in [5.74, 6) is -0.338. The van der Waals surface area contributed by atoms with Crippen LogP contribution < -0.4 is 10.6 Å². The molecule has 0 saturated heterocycles. The Labute approximate surface area is 171 Å². The molecule has 0 bridgehead atoms. The van der Waals surface area contributed by atoms with Crippen molar-refractivity contribution >= 4 is 39.6 Å². The number of esters is 1. The molecule has 146 valence electrons. The lowest BCUT2D eigenvalue weighted by Crippen LogP contribution is -2.43. The van der Waals surface area contributed by atoms with E-state index in [-0.39, 0.29) is 17.4 Å². The molecule has 2 N–H and O–H groups in total. The largest absolute Gasteiger partial charge is 0.462 e. The van der Waals surface area contributed by atoms with Crippen molar-refractivity contribution in [3.8, 4) is 11.1 Å². The summed E-state index contributed by atoms with van der Waals surface area (Å²) in [4.78, 5) is 13.8. The van der Waals surface area contributed by atoms with Gasteiger partial charge in [0, 0.05) is 16.5 Å². The van der Waals surface area contributed by atoms with Gasteiger partial charge in [-0.2, -0.15) is 0 Å². The molecule has 0 fully saturated rings. The first-order chi connectivity index (χ1) is 12.6. The predicted molar refractivity (Wildman–Crippen MR) is 119 cm³/mol. The number of anilines is 1. The Bertz CT molecular complexity index is 808. The van der Waals surface area contributed by atoms with Gasteiger partial charge in [0.2, 0.25) is 0 Å². The van der Waals surface area contributed by atoms with Crippen molar-refractivity contribution in [3.63, 3.8) is 0 Å². The van der Waals surface area contributed by atoms with Gasteiger partial charge in [-0.1, -0.05) is 51.1 Å². The van der Waals surface area contributed by atoms with E-state index in [1.165, 1.54) is 11.3 Å². The molecule has 0 aliphatic carbocycles. The molecule has 27 heavy (non-hydrogen) atoms. The first-order valence-electron chi connectivity index (χ1n) is 9.08. The van der Waals surface area contributed by atoms with Crippen molar-refractivity contribution in [2.24, 2.45) is 5.41 Å². The number of nitrogens with one attached hydrogen (secondary N) is 2. The molecule has 0 saturated carbocycles. The van der Waals surface area contributed by atoms with Crippen LogP contribution >= 0.6 is 23.6 Å². The molecule has 2 rings (SSSR count). The highest BCUT2D eigenvalue weighted by atomic mass is 32.1. The molecule has 1 atom stereocenters. The average molecular weight is 405 g/mol. The van der Waals surface area contributed by atoms with Crippen LogP contribution in [0.3, 0.4) is 0 Å². The fourth-order valence-corrected chi connectivity index (χ4v) is 3.95.